The molecular weight excluding hydrogens is 545 g/mol. The number of nitrogens with two attached hydrogens (primary N) is 1. The molecule has 6 rings (SSSR count). The summed E-state index contributed by atoms with van der Waals surface area (Å²) in [7, 11) is 0. The molecule has 9 heteroatoms. The van der Waals surface area contributed by atoms with Gasteiger partial charge in [0.25, 0.3) is 0 Å². The fourth-order valence-electron chi connectivity index (χ4n) is 5.20. The number of ether oxygens (including phenoxy) is 1. The lowest BCUT2D eigenvalue weighted by Crippen LogP contribution is -2.16. The number of hydrogen-bond donors (Lipinski definition) is 1. The fourth-order valence-corrected chi connectivity index (χ4v) is 5.20. The zero-order valence-electron chi connectivity index (χ0n) is 23.6. The SMILES string of the molecule is C=Cc1cc(OCC)ccc1/C=C/c1nn(C(C)c2oc3ccccc3c(=O)c2-c2cccc(F)c2)c2ncnc(N)c12. The highest BCUT2D eigenvalue weighted by molar-refractivity contribution is 5.95. The van der Waals surface area contributed by atoms with Gasteiger partial charge in [0.1, 0.15) is 41.1 Å². The van der Waals surface area contributed by atoms with Crippen molar-refractivity contribution >= 4 is 46.0 Å². The number of para-hydroxylation sites is 1. The van der Waals surface area contributed by atoms with E-state index in [9.17, 15) is 9.18 Å². The molecule has 43 heavy (non-hydrogen) atoms. The number of anilines is 1. The van der Waals surface area contributed by atoms with Crippen LogP contribution >= 0.6 is 0 Å². The van der Waals surface area contributed by atoms with Gasteiger partial charge >= 0.3 is 0 Å². The Kier molecular flexibility index (Phi) is 7.29. The van der Waals surface area contributed by atoms with Crippen LogP contribution in [0.1, 0.15) is 42.5 Å². The van der Waals surface area contributed by atoms with E-state index in [1.165, 1.54) is 18.5 Å². The van der Waals surface area contributed by atoms with Gasteiger partial charge in [0.15, 0.2) is 5.65 Å². The highest BCUT2D eigenvalue weighted by atomic mass is 19.1. The third-order valence-electron chi connectivity index (χ3n) is 7.24. The highest BCUT2D eigenvalue weighted by Gasteiger charge is 2.26. The minimum absolute atomic E-state index is 0.249. The molecule has 214 valence electrons. The molecule has 2 N–H and O–H groups in total. The molecule has 0 aliphatic carbocycles. The maximum atomic E-state index is 14.3. The van der Waals surface area contributed by atoms with Crippen molar-refractivity contribution in [1.29, 1.82) is 0 Å². The Morgan fingerprint density at radius 3 is 2.70 bits per heavy atom. The van der Waals surface area contributed by atoms with E-state index in [-0.39, 0.29) is 16.8 Å². The Bertz CT molecular complexity index is 2100. The minimum Gasteiger partial charge on any atom is -0.494 e. The zero-order chi connectivity index (χ0) is 30.1. The smallest absolute Gasteiger partial charge is 0.200 e. The van der Waals surface area contributed by atoms with E-state index in [2.05, 4.69) is 16.5 Å². The van der Waals surface area contributed by atoms with Gasteiger partial charge in [-0.15, -0.1) is 0 Å². The summed E-state index contributed by atoms with van der Waals surface area (Å²) in [6.07, 6.45) is 6.86. The standard InChI is InChI=1S/C34H28FN5O3/c1-4-21-18-25(42-5-2)15-13-22(21)14-16-27-30-33(36)37-19-38-34(30)40(39-27)20(3)32-29(23-9-8-10-24(35)17-23)31(41)26-11-6-7-12-28(26)43-32/h4,6-20H,1,5H2,2-3H3,(H2,36,37,38)/b16-14+. The molecule has 0 saturated heterocycles. The molecule has 3 aromatic carbocycles. The van der Waals surface area contributed by atoms with Crippen LogP contribution in [0, 0.1) is 5.82 Å². The lowest BCUT2D eigenvalue weighted by molar-refractivity contribution is 0.340. The van der Waals surface area contributed by atoms with Gasteiger partial charge in [-0.1, -0.05) is 49.1 Å². The van der Waals surface area contributed by atoms with Crippen LogP contribution in [0.3, 0.4) is 0 Å². The first-order chi connectivity index (χ1) is 20.9. The molecule has 0 aliphatic heterocycles. The molecule has 0 spiro atoms. The Labute approximate surface area is 246 Å². The molecule has 0 bridgehead atoms. The van der Waals surface area contributed by atoms with E-state index in [0.717, 1.165) is 16.9 Å². The van der Waals surface area contributed by atoms with Crippen molar-refractivity contribution in [2.75, 3.05) is 12.3 Å². The Hall–Kier alpha value is -5.57. The maximum Gasteiger partial charge on any atom is 0.200 e. The van der Waals surface area contributed by atoms with Crippen LogP contribution in [-0.4, -0.2) is 26.4 Å². The molecule has 0 radical (unpaired) electrons. The normalized spacial score (nSPS) is 12.3. The van der Waals surface area contributed by atoms with Crippen LogP contribution < -0.4 is 15.9 Å². The van der Waals surface area contributed by atoms with Gasteiger partial charge in [-0.2, -0.15) is 5.10 Å². The van der Waals surface area contributed by atoms with Crippen molar-refractivity contribution < 1.29 is 13.5 Å². The number of rotatable bonds is 8. The van der Waals surface area contributed by atoms with Crippen molar-refractivity contribution in [3.63, 3.8) is 0 Å². The lowest BCUT2D eigenvalue weighted by Gasteiger charge is -2.17. The molecule has 1 atom stereocenters. The molecule has 0 fully saturated rings. The predicted molar refractivity (Wildman–Crippen MR) is 168 cm³/mol. The van der Waals surface area contributed by atoms with E-state index in [4.69, 9.17) is 20.0 Å². The Balaban J connectivity index is 1.52. The predicted octanol–water partition coefficient (Wildman–Crippen LogP) is 7.14. The van der Waals surface area contributed by atoms with Crippen molar-refractivity contribution in [2.45, 2.75) is 19.9 Å². The van der Waals surface area contributed by atoms with Crippen LogP contribution in [-0.2, 0) is 0 Å². The molecular formula is C34H28FN5O3. The van der Waals surface area contributed by atoms with E-state index in [0.29, 0.717) is 45.6 Å². The van der Waals surface area contributed by atoms with E-state index >= 15 is 0 Å². The monoisotopic (exact) mass is 573 g/mol. The van der Waals surface area contributed by atoms with Gasteiger partial charge in [-0.3, -0.25) is 4.79 Å². The van der Waals surface area contributed by atoms with Crippen molar-refractivity contribution in [3.8, 4) is 16.9 Å². The van der Waals surface area contributed by atoms with Crippen molar-refractivity contribution in [1.82, 2.24) is 19.7 Å². The summed E-state index contributed by atoms with van der Waals surface area (Å²) in [6.45, 7) is 8.27. The van der Waals surface area contributed by atoms with Gasteiger partial charge in [-0.25, -0.2) is 19.0 Å². The number of aromatic nitrogens is 4. The van der Waals surface area contributed by atoms with E-state index in [1.807, 2.05) is 44.2 Å². The summed E-state index contributed by atoms with van der Waals surface area (Å²) in [6, 6.07) is 18.0. The summed E-state index contributed by atoms with van der Waals surface area (Å²) < 4.78 is 28.0. The van der Waals surface area contributed by atoms with E-state index in [1.54, 1.807) is 47.2 Å². The molecule has 0 saturated carbocycles. The molecule has 3 aromatic heterocycles. The first-order valence-electron chi connectivity index (χ1n) is 13.8. The van der Waals surface area contributed by atoms with Crippen LogP contribution in [0.25, 0.3) is 51.4 Å². The van der Waals surface area contributed by atoms with E-state index < -0.39 is 11.9 Å². The van der Waals surface area contributed by atoms with Gasteiger partial charge in [0, 0.05) is 0 Å². The van der Waals surface area contributed by atoms with Crippen LogP contribution in [0.2, 0.25) is 0 Å². The first kappa shape index (κ1) is 27.6. The van der Waals surface area contributed by atoms with Crippen LogP contribution in [0.15, 0.2) is 88.8 Å². The minimum atomic E-state index is -0.635. The number of halogens is 1. The molecule has 3 heterocycles. The second-order valence-corrected chi connectivity index (χ2v) is 9.90. The summed E-state index contributed by atoms with van der Waals surface area (Å²) in [4.78, 5) is 22.5. The average Bonchev–Trinajstić information content (AvgIpc) is 3.40. The molecule has 1 unspecified atom stereocenters. The van der Waals surface area contributed by atoms with Crippen molar-refractivity contribution in [3.05, 3.63) is 118 Å². The third kappa shape index (κ3) is 5.05. The average molecular weight is 574 g/mol. The third-order valence-corrected chi connectivity index (χ3v) is 7.24. The quantitative estimate of drug-likeness (QED) is 0.206. The largest absolute Gasteiger partial charge is 0.494 e. The summed E-state index contributed by atoms with van der Waals surface area (Å²) in [5, 5.41) is 5.81. The molecule has 0 aliphatic rings. The lowest BCUT2D eigenvalue weighted by atomic mass is 9.99. The fraction of sp³-hybridized carbons (Fsp3) is 0.118. The van der Waals surface area contributed by atoms with Gasteiger partial charge in [0.05, 0.1) is 28.6 Å². The number of nitrogen functional groups attached to an aromatic ring is 1. The van der Waals surface area contributed by atoms with Gasteiger partial charge in [0.2, 0.25) is 5.43 Å². The van der Waals surface area contributed by atoms with Crippen LogP contribution in [0.5, 0.6) is 5.75 Å². The van der Waals surface area contributed by atoms with Gasteiger partial charge in [-0.05, 0) is 73.0 Å². The topological polar surface area (TPSA) is 109 Å². The first-order valence-corrected chi connectivity index (χ1v) is 13.8. The molecule has 6 aromatic rings. The zero-order valence-corrected chi connectivity index (χ0v) is 23.6. The number of benzene rings is 3. The van der Waals surface area contributed by atoms with Crippen molar-refractivity contribution in [2.24, 2.45) is 0 Å². The summed E-state index contributed by atoms with van der Waals surface area (Å²) >= 11 is 0. The Morgan fingerprint density at radius 2 is 1.91 bits per heavy atom. The summed E-state index contributed by atoms with van der Waals surface area (Å²) in [5.74, 6) is 0.854. The highest BCUT2D eigenvalue weighted by Crippen LogP contribution is 2.34. The molecule has 0 amide bonds. The Morgan fingerprint density at radius 1 is 1.07 bits per heavy atom. The second kappa shape index (κ2) is 11.4. The number of nitrogens with zero attached hydrogens (tertiary/aromatic N) is 4. The second-order valence-electron chi connectivity index (χ2n) is 9.90. The number of hydrogen-bond acceptors (Lipinski definition) is 7. The van der Waals surface area contributed by atoms with Crippen LogP contribution in [0.4, 0.5) is 10.2 Å². The maximum absolute atomic E-state index is 14.3. The van der Waals surface area contributed by atoms with Gasteiger partial charge < -0.3 is 14.9 Å². The number of fused-ring (bicyclic) bond motifs is 2. The summed E-state index contributed by atoms with van der Waals surface area (Å²) in [5.41, 5.74) is 9.90. The molecule has 8 nitrogen and oxygen atoms in total.